The Labute approximate surface area is 120 Å². The Balaban J connectivity index is 2.71. The Morgan fingerprint density at radius 1 is 1.40 bits per heavy atom. The largest absolute Gasteiger partial charge is 0.496 e. The van der Waals surface area contributed by atoms with E-state index in [1.165, 1.54) is 6.08 Å². The Morgan fingerprint density at radius 3 is 2.65 bits per heavy atom. The topological polar surface area (TPSA) is 58.6 Å². The highest BCUT2D eigenvalue weighted by molar-refractivity contribution is 5.95. The number of rotatable bonds is 6. The molecule has 1 rings (SSSR count). The van der Waals surface area contributed by atoms with Gasteiger partial charge in [0, 0.05) is 18.2 Å². The third-order valence-corrected chi connectivity index (χ3v) is 3.13. The number of hydrogen-bond donors (Lipinski definition) is 2. The Kier molecular flexibility index (Phi) is 6.25. The zero-order valence-corrected chi connectivity index (χ0v) is 12.5. The molecule has 20 heavy (non-hydrogen) atoms. The van der Waals surface area contributed by atoms with Crippen molar-refractivity contribution in [3.63, 3.8) is 0 Å². The monoisotopic (exact) mass is 277 g/mol. The number of carbonyl (C=O) groups is 1. The lowest BCUT2D eigenvalue weighted by molar-refractivity contribution is -0.117. The van der Waals surface area contributed by atoms with Crippen LogP contribution in [0, 0.1) is 5.92 Å². The van der Waals surface area contributed by atoms with Crippen molar-refractivity contribution in [2.45, 2.75) is 26.9 Å². The highest BCUT2D eigenvalue weighted by atomic mass is 16.5. The molecule has 0 aliphatic rings. The van der Waals surface area contributed by atoms with Crippen LogP contribution in [0.1, 0.15) is 26.3 Å². The van der Waals surface area contributed by atoms with E-state index in [0.717, 1.165) is 16.9 Å². The van der Waals surface area contributed by atoms with Gasteiger partial charge in [0.1, 0.15) is 5.75 Å². The molecule has 0 aromatic heterocycles. The van der Waals surface area contributed by atoms with Crippen LogP contribution >= 0.6 is 0 Å². The van der Waals surface area contributed by atoms with Crippen LogP contribution in [-0.2, 0) is 4.79 Å². The number of allylic oxidation sites excluding steroid dienone is 1. The minimum absolute atomic E-state index is 0.120. The van der Waals surface area contributed by atoms with Gasteiger partial charge in [-0.1, -0.05) is 32.0 Å². The molecule has 2 N–H and O–H groups in total. The number of amides is 1. The first-order chi connectivity index (χ1) is 9.45. The summed E-state index contributed by atoms with van der Waals surface area (Å²) in [7, 11) is 1.60. The van der Waals surface area contributed by atoms with E-state index in [1.807, 2.05) is 45.0 Å². The Hall–Kier alpha value is -1.81. The molecule has 0 bridgehead atoms. The zero-order valence-electron chi connectivity index (χ0n) is 12.5. The lowest BCUT2D eigenvalue weighted by Crippen LogP contribution is -2.33. The van der Waals surface area contributed by atoms with Crippen molar-refractivity contribution in [2.75, 3.05) is 13.7 Å². The summed E-state index contributed by atoms with van der Waals surface area (Å²) >= 11 is 0. The van der Waals surface area contributed by atoms with Crippen molar-refractivity contribution in [1.82, 2.24) is 5.32 Å². The van der Waals surface area contributed by atoms with Crippen LogP contribution < -0.4 is 10.1 Å². The minimum atomic E-state index is -0.529. The molecule has 1 unspecified atom stereocenters. The minimum Gasteiger partial charge on any atom is -0.496 e. The average Bonchev–Trinajstić information content (AvgIpc) is 2.44. The van der Waals surface area contributed by atoms with Crippen LogP contribution in [0.4, 0.5) is 0 Å². The summed E-state index contributed by atoms with van der Waals surface area (Å²) in [4.78, 5) is 11.8. The first kappa shape index (κ1) is 16.2. The summed E-state index contributed by atoms with van der Waals surface area (Å²) in [5, 5.41) is 12.3. The summed E-state index contributed by atoms with van der Waals surface area (Å²) in [5.41, 5.74) is 1.70. The quantitative estimate of drug-likeness (QED) is 0.784. The molecule has 110 valence electrons. The molecule has 0 heterocycles. The number of nitrogens with one attached hydrogen (secondary N) is 1. The lowest BCUT2D eigenvalue weighted by atomic mass is 10.1. The van der Waals surface area contributed by atoms with E-state index in [2.05, 4.69) is 5.32 Å². The SMILES string of the molecule is COc1ccccc1/C(C)=C/C(=O)NCC(O)C(C)C. The van der Waals surface area contributed by atoms with Gasteiger partial charge in [-0.05, 0) is 24.5 Å². The smallest absolute Gasteiger partial charge is 0.244 e. The summed E-state index contributed by atoms with van der Waals surface area (Å²) in [6, 6.07) is 7.54. The molecule has 1 aromatic carbocycles. The van der Waals surface area contributed by atoms with E-state index in [0.29, 0.717) is 0 Å². The maximum atomic E-state index is 11.8. The normalized spacial score (nSPS) is 13.2. The highest BCUT2D eigenvalue weighted by Crippen LogP contribution is 2.24. The number of ether oxygens (including phenoxy) is 1. The van der Waals surface area contributed by atoms with E-state index in [1.54, 1.807) is 7.11 Å². The number of methoxy groups -OCH3 is 1. The first-order valence-electron chi connectivity index (χ1n) is 6.73. The third kappa shape index (κ3) is 4.70. The third-order valence-electron chi connectivity index (χ3n) is 3.13. The summed E-state index contributed by atoms with van der Waals surface area (Å²) in [5.74, 6) is 0.638. The number of benzene rings is 1. The number of aliphatic hydroxyl groups is 1. The molecule has 1 atom stereocenters. The van der Waals surface area contributed by atoms with Gasteiger partial charge in [-0.25, -0.2) is 0 Å². The van der Waals surface area contributed by atoms with Gasteiger partial charge in [-0.15, -0.1) is 0 Å². The van der Waals surface area contributed by atoms with Crippen molar-refractivity contribution in [1.29, 1.82) is 0 Å². The second-order valence-corrected chi connectivity index (χ2v) is 5.08. The predicted molar refractivity (Wildman–Crippen MR) is 80.5 cm³/mol. The van der Waals surface area contributed by atoms with E-state index in [4.69, 9.17) is 4.74 Å². The molecule has 1 amide bonds. The van der Waals surface area contributed by atoms with Gasteiger partial charge < -0.3 is 15.2 Å². The first-order valence-corrected chi connectivity index (χ1v) is 6.73. The Bertz CT molecular complexity index is 480. The van der Waals surface area contributed by atoms with Crippen molar-refractivity contribution in [3.8, 4) is 5.75 Å². The molecule has 0 fully saturated rings. The van der Waals surface area contributed by atoms with Gasteiger partial charge in [0.15, 0.2) is 0 Å². The van der Waals surface area contributed by atoms with E-state index in [9.17, 15) is 9.90 Å². The van der Waals surface area contributed by atoms with Crippen LogP contribution in [0.25, 0.3) is 5.57 Å². The number of carbonyl (C=O) groups excluding carboxylic acids is 1. The van der Waals surface area contributed by atoms with E-state index < -0.39 is 6.10 Å². The van der Waals surface area contributed by atoms with Crippen molar-refractivity contribution in [2.24, 2.45) is 5.92 Å². The molecule has 4 nitrogen and oxygen atoms in total. The molecule has 0 radical (unpaired) electrons. The Morgan fingerprint density at radius 2 is 2.05 bits per heavy atom. The average molecular weight is 277 g/mol. The summed E-state index contributed by atoms with van der Waals surface area (Å²) < 4.78 is 5.27. The van der Waals surface area contributed by atoms with Gasteiger partial charge >= 0.3 is 0 Å². The summed E-state index contributed by atoms with van der Waals surface area (Å²) in [6.07, 6.45) is 0.990. The molecule has 0 saturated carbocycles. The molecule has 0 saturated heterocycles. The number of hydrogen-bond acceptors (Lipinski definition) is 3. The second kappa shape index (κ2) is 7.70. The molecular weight excluding hydrogens is 254 g/mol. The fourth-order valence-electron chi connectivity index (χ4n) is 1.74. The van der Waals surface area contributed by atoms with Crippen molar-refractivity contribution < 1.29 is 14.6 Å². The molecule has 0 aliphatic heterocycles. The molecule has 1 aromatic rings. The van der Waals surface area contributed by atoms with E-state index in [-0.39, 0.29) is 18.4 Å². The van der Waals surface area contributed by atoms with Crippen LogP contribution in [0.15, 0.2) is 30.3 Å². The fraction of sp³-hybridized carbons (Fsp3) is 0.438. The highest BCUT2D eigenvalue weighted by Gasteiger charge is 2.10. The maximum Gasteiger partial charge on any atom is 0.244 e. The van der Waals surface area contributed by atoms with Crippen molar-refractivity contribution >= 4 is 11.5 Å². The fourth-order valence-corrected chi connectivity index (χ4v) is 1.74. The van der Waals surface area contributed by atoms with Gasteiger partial charge in [-0.2, -0.15) is 0 Å². The maximum absolute atomic E-state index is 11.8. The predicted octanol–water partition coefficient (Wildman–Crippen LogP) is 2.23. The van der Waals surface area contributed by atoms with Crippen LogP contribution in [0.2, 0.25) is 0 Å². The van der Waals surface area contributed by atoms with Crippen LogP contribution in [0.3, 0.4) is 0 Å². The molecule has 4 heteroatoms. The standard InChI is InChI=1S/C16H23NO3/c1-11(2)14(18)10-17-16(19)9-12(3)13-7-5-6-8-15(13)20-4/h5-9,11,14,18H,10H2,1-4H3,(H,17,19)/b12-9+. The lowest BCUT2D eigenvalue weighted by Gasteiger charge is -2.14. The second-order valence-electron chi connectivity index (χ2n) is 5.08. The van der Waals surface area contributed by atoms with Gasteiger partial charge in [0.2, 0.25) is 5.91 Å². The molecule has 0 spiro atoms. The van der Waals surface area contributed by atoms with E-state index >= 15 is 0 Å². The van der Waals surface area contributed by atoms with Crippen molar-refractivity contribution in [3.05, 3.63) is 35.9 Å². The van der Waals surface area contributed by atoms with Gasteiger partial charge in [0.25, 0.3) is 0 Å². The van der Waals surface area contributed by atoms with Crippen LogP contribution in [0.5, 0.6) is 5.75 Å². The number of aliphatic hydroxyl groups excluding tert-OH is 1. The molecule has 0 aliphatic carbocycles. The zero-order chi connectivity index (χ0) is 15.1. The van der Waals surface area contributed by atoms with Gasteiger partial charge in [0.05, 0.1) is 13.2 Å². The summed E-state index contributed by atoms with van der Waals surface area (Å²) in [6.45, 7) is 5.93. The number of para-hydroxylation sites is 1. The van der Waals surface area contributed by atoms with Crippen LogP contribution in [-0.4, -0.2) is 30.8 Å². The molecular formula is C16H23NO3. The van der Waals surface area contributed by atoms with Gasteiger partial charge in [-0.3, -0.25) is 4.79 Å².